The van der Waals surface area contributed by atoms with Gasteiger partial charge in [0, 0.05) is 12.8 Å². The summed E-state index contributed by atoms with van der Waals surface area (Å²) in [6.45, 7) is 4.13. The van der Waals surface area contributed by atoms with Gasteiger partial charge in [0.2, 0.25) is 0 Å². The van der Waals surface area contributed by atoms with E-state index in [0.29, 0.717) is 12.8 Å². The van der Waals surface area contributed by atoms with E-state index in [2.05, 4.69) is 74.6 Å². The van der Waals surface area contributed by atoms with E-state index in [9.17, 15) is 14.7 Å². The lowest BCUT2D eigenvalue weighted by Crippen LogP contribution is -2.28. The lowest BCUT2D eigenvalue weighted by atomic mass is 10.0. The first-order chi connectivity index (χ1) is 34.1. The minimum Gasteiger partial charge on any atom is -0.462 e. The molecule has 0 aromatic carbocycles. The van der Waals surface area contributed by atoms with E-state index < -0.39 is 6.10 Å². The number of hydrogen-bond donors (Lipinski definition) is 1. The van der Waals surface area contributed by atoms with Gasteiger partial charge >= 0.3 is 11.9 Å². The van der Waals surface area contributed by atoms with Crippen LogP contribution in [0.4, 0.5) is 0 Å². The number of rotatable bonds is 56. The molecule has 0 saturated carbocycles. The van der Waals surface area contributed by atoms with Gasteiger partial charge in [-0.15, -0.1) is 0 Å². The van der Waals surface area contributed by atoms with Crippen LogP contribution in [0, 0.1) is 0 Å². The molecule has 1 unspecified atom stereocenters. The molecule has 0 aliphatic rings. The molecule has 0 heterocycles. The quantitative estimate of drug-likeness (QED) is 0.0373. The Balaban J connectivity index is 3.40. The number of aliphatic hydroxyl groups is 1. The molecule has 5 heteroatoms. The smallest absolute Gasteiger partial charge is 0.306 e. The average Bonchev–Trinajstić information content (AvgIpc) is 3.35. The second-order valence-corrected chi connectivity index (χ2v) is 20.4. The first-order valence-electron chi connectivity index (χ1n) is 30.3. The summed E-state index contributed by atoms with van der Waals surface area (Å²) in [4.78, 5) is 24.5. The van der Waals surface area contributed by atoms with Crippen LogP contribution >= 0.6 is 0 Å². The summed E-state index contributed by atoms with van der Waals surface area (Å²) >= 11 is 0. The molecule has 0 spiro atoms. The number of hydrogen-bond acceptors (Lipinski definition) is 5. The van der Waals surface area contributed by atoms with Crippen molar-refractivity contribution in [3.05, 3.63) is 60.8 Å². The average molecular weight is 966 g/mol. The number of aliphatic hydroxyl groups excluding tert-OH is 1. The molecule has 0 amide bonds. The van der Waals surface area contributed by atoms with E-state index in [1.165, 1.54) is 225 Å². The first kappa shape index (κ1) is 66.6. The fourth-order valence-corrected chi connectivity index (χ4v) is 8.95. The van der Waals surface area contributed by atoms with Crippen LogP contribution in [0.1, 0.15) is 316 Å². The molecule has 0 aromatic heterocycles. The van der Waals surface area contributed by atoms with Crippen molar-refractivity contribution < 1.29 is 24.2 Å². The molecule has 0 radical (unpaired) electrons. The number of carbonyl (C=O) groups is 2. The highest BCUT2D eigenvalue weighted by atomic mass is 16.6. The first-order valence-corrected chi connectivity index (χ1v) is 30.3. The van der Waals surface area contributed by atoms with Crippen molar-refractivity contribution >= 4 is 11.9 Å². The molecule has 0 aliphatic heterocycles. The zero-order chi connectivity index (χ0) is 49.9. The van der Waals surface area contributed by atoms with Crippen LogP contribution in [0.5, 0.6) is 0 Å². The molecule has 0 bridgehead atoms. The van der Waals surface area contributed by atoms with Crippen molar-refractivity contribution in [2.75, 3.05) is 13.2 Å². The fraction of sp³-hybridized carbons (Fsp3) is 0.812. The van der Waals surface area contributed by atoms with E-state index in [4.69, 9.17) is 9.47 Å². The van der Waals surface area contributed by atoms with Crippen molar-refractivity contribution in [1.82, 2.24) is 0 Å². The van der Waals surface area contributed by atoms with Gasteiger partial charge in [0.25, 0.3) is 0 Å². The largest absolute Gasteiger partial charge is 0.462 e. The van der Waals surface area contributed by atoms with Crippen molar-refractivity contribution in [2.45, 2.75) is 322 Å². The monoisotopic (exact) mass is 965 g/mol. The van der Waals surface area contributed by atoms with Gasteiger partial charge in [-0.1, -0.05) is 280 Å². The zero-order valence-corrected chi connectivity index (χ0v) is 46.1. The predicted molar refractivity (Wildman–Crippen MR) is 302 cm³/mol. The molecule has 69 heavy (non-hydrogen) atoms. The van der Waals surface area contributed by atoms with Crippen molar-refractivity contribution in [2.24, 2.45) is 0 Å². The van der Waals surface area contributed by atoms with Crippen LogP contribution in [-0.4, -0.2) is 36.4 Å². The Kier molecular flexibility index (Phi) is 57.8. The number of ether oxygens (including phenoxy) is 2. The summed E-state index contributed by atoms with van der Waals surface area (Å²) in [6.07, 6.45) is 80.8. The van der Waals surface area contributed by atoms with E-state index in [1.54, 1.807) is 0 Å². The van der Waals surface area contributed by atoms with Crippen LogP contribution in [-0.2, 0) is 19.1 Å². The summed E-state index contributed by atoms with van der Waals surface area (Å²) in [7, 11) is 0. The van der Waals surface area contributed by atoms with Crippen LogP contribution in [0.25, 0.3) is 0 Å². The minimum atomic E-state index is -0.777. The van der Waals surface area contributed by atoms with E-state index in [0.717, 1.165) is 64.2 Å². The SMILES string of the molecule is CCCCCC/C=C\C/C=C\CCCCCCCC(=O)OCC(CO)OC(=O)CCCCCCCCCCCCCCCCCCCCCCCCCC/C=C\C/C=C\C/C=C\CCCCCCC. The highest BCUT2D eigenvalue weighted by Gasteiger charge is 2.16. The Morgan fingerprint density at radius 3 is 0.884 bits per heavy atom. The third kappa shape index (κ3) is 58.1. The second-order valence-electron chi connectivity index (χ2n) is 20.4. The zero-order valence-electron chi connectivity index (χ0n) is 46.1. The van der Waals surface area contributed by atoms with Gasteiger partial charge in [-0.05, 0) is 83.5 Å². The molecule has 0 aromatic rings. The second kappa shape index (κ2) is 59.9. The molecule has 1 N–H and O–H groups in total. The normalized spacial score (nSPS) is 12.6. The molecule has 1 atom stereocenters. The molecule has 0 aliphatic carbocycles. The van der Waals surface area contributed by atoms with Gasteiger partial charge in [0.15, 0.2) is 6.10 Å². The van der Waals surface area contributed by atoms with Gasteiger partial charge in [-0.3, -0.25) is 9.59 Å². The molecule has 0 saturated heterocycles. The van der Waals surface area contributed by atoms with Crippen molar-refractivity contribution in [3.63, 3.8) is 0 Å². The lowest BCUT2D eigenvalue weighted by Gasteiger charge is -2.15. The van der Waals surface area contributed by atoms with E-state index in [-0.39, 0.29) is 25.2 Å². The van der Waals surface area contributed by atoms with Gasteiger partial charge in [0.1, 0.15) is 6.61 Å². The Bertz CT molecular complexity index is 1180. The summed E-state index contributed by atoms with van der Waals surface area (Å²) in [5, 5.41) is 9.64. The van der Waals surface area contributed by atoms with E-state index >= 15 is 0 Å². The summed E-state index contributed by atoms with van der Waals surface area (Å²) in [5.74, 6) is -0.595. The predicted octanol–water partition coefficient (Wildman–Crippen LogP) is 20.6. The topological polar surface area (TPSA) is 72.8 Å². The third-order valence-electron chi connectivity index (χ3n) is 13.5. The molecule has 0 rings (SSSR count). The maximum atomic E-state index is 12.3. The van der Waals surface area contributed by atoms with Gasteiger partial charge < -0.3 is 14.6 Å². The molecule has 0 fully saturated rings. The summed E-state index contributed by atoms with van der Waals surface area (Å²) < 4.78 is 10.7. The Morgan fingerprint density at radius 1 is 0.333 bits per heavy atom. The maximum Gasteiger partial charge on any atom is 0.306 e. The van der Waals surface area contributed by atoms with Crippen LogP contribution in [0.3, 0.4) is 0 Å². The maximum absolute atomic E-state index is 12.3. The fourth-order valence-electron chi connectivity index (χ4n) is 8.95. The number of esters is 2. The highest BCUT2D eigenvalue weighted by Crippen LogP contribution is 2.17. The Hall–Kier alpha value is -2.40. The van der Waals surface area contributed by atoms with Crippen LogP contribution < -0.4 is 0 Å². The van der Waals surface area contributed by atoms with Gasteiger partial charge in [0.05, 0.1) is 6.61 Å². The number of carbonyl (C=O) groups excluding carboxylic acids is 2. The molecule has 402 valence electrons. The molecule has 5 nitrogen and oxygen atoms in total. The van der Waals surface area contributed by atoms with Crippen molar-refractivity contribution in [1.29, 1.82) is 0 Å². The van der Waals surface area contributed by atoms with Crippen LogP contribution in [0.15, 0.2) is 60.8 Å². The summed E-state index contributed by atoms with van der Waals surface area (Å²) in [6, 6.07) is 0. The number of unbranched alkanes of at least 4 members (excludes halogenated alkanes) is 38. The summed E-state index contributed by atoms with van der Waals surface area (Å²) in [5.41, 5.74) is 0. The lowest BCUT2D eigenvalue weighted by molar-refractivity contribution is -0.161. The van der Waals surface area contributed by atoms with Gasteiger partial charge in [-0.2, -0.15) is 0 Å². The Labute approximate surface area is 430 Å². The van der Waals surface area contributed by atoms with Crippen LogP contribution in [0.2, 0.25) is 0 Å². The highest BCUT2D eigenvalue weighted by molar-refractivity contribution is 5.70. The Morgan fingerprint density at radius 2 is 0.580 bits per heavy atom. The third-order valence-corrected chi connectivity index (χ3v) is 13.5. The molecular weight excluding hydrogens is 849 g/mol. The number of allylic oxidation sites excluding steroid dienone is 10. The minimum absolute atomic E-state index is 0.0708. The van der Waals surface area contributed by atoms with E-state index in [1.807, 2.05) is 0 Å². The standard InChI is InChI=1S/C64H116O5/c1-3-5-7-9-11-13-15-17-19-21-22-23-24-25-26-27-28-29-30-31-32-33-34-35-36-37-38-39-40-41-42-43-45-47-49-51-53-55-57-59-64(67)69-62(60-65)61-68-63(66)58-56-54-52-50-48-46-44-20-18-16-14-12-10-8-6-4-2/h14-17,20-22,24-25,44,62,65H,3-13,18-19,23,26-43,45-61H2,1-2H3/b16-14-,17-15-,22-21-,25-24-,44-20-. The van der Waals surface area contributed by atoms with Gasteiger partial charge in [-0.25, -0.2) is 0 Å². The molecular formula is C64H116O5. The van der Waals surface area contributed by atoms with Crippen molar-refractivity contribution in [3.8, 4) is 0 Å².